The second-order valence-electron chi connectivity index (χ2n) is 2.85. The highest BCUT2D eigenvalue weighted by Crippen LogP contribution is 2.10. The molecule has 2 N–H and O–H groups in total. The minimum absolute atomic E-state index is 0.0792. The van der Waals surface area contributed by atoms with Crippen LogP contribution in [0.25, 0.3) is 0 Å². The van der Waals surface area contributed by atoms with Gasteiger partial charge in [-0.05, 0) is 25.7 Å². The van der Waals surface area contributed by atoms with Crippen LogP contribution in [0.2, 0.25) is 0 Å². The van der Waals surface area contributed by atoms with E-state index >= 15 is 0 Å². The number of nitrogens with two attached hydrogens (primary N) is 1. The summed E-state index contributed by atoms with van der Waals surface area (Å²) in [7, 11) is -3.28. The predicted molar refractivity (Wildman–Crippen MR) is 51.2 cm³/mol. The van der Waals surface area contributed by atoms with Crippen molar-refractivity contribution in [3.8, 4) is 0 Å². The van der Waals surface area contributed by atoms with Gasteiger partial charge in [-0.3, -0.25) is 0 Å². The van der Waals surface area contributed by atoms with Crippen LogP contribution in [0.4, 0.5) is 0 Å². The van der Waals surface area contributed by atoms with Crippen LogP contribution in [0.1, 0.15) is 26.7 Å². The molecule has 3 nitrogen and oxygen atoms in total. The predicted octanol–water partition coefficient (Wildman–Crippen LogP) is 1.27. The fourth-order valence-corrected chi connectivity index (χ4v) is 1.66. The summed E-state index contributed by atoms with van der Waals surface area (Å²) in [5.41, 5.74) is 0. The standard InChI is InChI=1S/C8H17NO2S/c1-3-5-8(4-2)6-7-12(9,10)11/h3,5,8H,4,6-7H2,1-2H3,(H2,9,10,11)/b5-3+/t8-/m0/s1. The van der Waals surface area contributed by atoms with E-state index in [1.54, 1.807) is 0 Å². The number of hydrogen-bond acceptors (Lipinski definition) is 2. The molecular weight excluding hydrogens is 174 g/mol. The monoisotopic (exact) mass is 191 g/mol. The van der Waals surface area contributed by atoms with Crippen LogP contribution < -0.4 is 5.14 Å². The van der Waals surface area contributed by atoms with Gasteiger partial charge >= 0.3 is 0 Å². The Morgan fingerprint density at radius 1 is 1.50 bits per heavy atom. The fourth-order valence-electron chi connectivity index (χ4n) is 1.02. The summed E-state index contributed by atoms with van der Waals surface area (Å²) in [5, 5.41) is 4.88. The van der Waals surface area contributed by atoms with Crippen molar-refractivity contribution in [3.05, 3.63) is 12.2 Å². The van der Waals surface area contributed by atoms with E-state index in [1.807, 2.05) is 26.0 Å². The van der Waals surface area contributed by atoms with E-state index in [0.29, 0.717) is 12.3 Å². The molecule has 0 radical (unpaired) electrons. The van der Waals surface area contributed by atoms with Crippen molar-refractivity contribution in [1.29, 1.82) is 0 Å². The van der Waals surface area contributed by atoms with Gasteiger partial charge in [0.25, 0.3) is 0 Å². The smallest absolute Gasteiger partial charge is 0.209 e. The van der Waals surface area contributed by atoms with Crippen LogP contribution in [-0.2, 0) is 10.0 Å². The van der Waals surface area contributed by atoms with Crippen molar-refractivity contribution in [2.75, 3.05) is 5.75 Å². The Labute approximate surface area is 74.7 Å². The molecule has 0 bridgehead atoms. The first-order valence-electron chi connectivity index (χ1n) is 4.13. The summed E-state index contributed by atoms with van der Waals surface area (Å²) in [6.45, 7) is 3.97. The molecule has 4 heteroatoms. The summed E-state index contributed by atoms with van der Waals surface area (Å²) < 4.78 is 21.2. The first-order chi connectivity index (χ1) is 5.49. The zero-order valence-corrected chi connectivity index (χ0v) is 8.47. The minimum atomic E-state index is -3.28. The van der Waals surface area contributed by atoms with Gasteiger partial charge in [-0.2, -0.15) is 0 Å². The third-order valence-corrected chi connectivity index (χ3v) is 2.57. The van der Waals surface area contributed by atoms with Crippen LogP contribution in [0.5, 0.6) is 0 Å². The summed E-state index contributed by atoms with van der Waals surface area (Å²) in [6.07, 6.45) is 5.54. The van der Waals surface area contributed by atoms with Crippen LogP contribution in [0, 0.1) is 5.92 Å². The van der Waals surface area contributed by atoms with Crippen molar-refractivity contribution in [2.45, 2.75) is 26.7 Å². The molecular formula is C8H17NO2S. The van der Waals surface area contributed by atoms with Gasteiger partial charge in [0.2, 0.25) is 10.0 Å². The van der Waals surface area contributed by atoms with Gasteiger partial charge in [0, 0.05) is 0 Å². The zero-order chi connectivity index (χ0) is 9.61. The second-order valence-corrected chi connectivity index (χ2v) is 4.58. The molecule has 0 unspecified atom stereocenters. The van der Waals surface area contributed by atoms with Gasteiger partial charge in [0.1, 0.15) is 0 Å². The molecule has 0 saturated heterocycles. The molecule has 0 heterocycles. The summed E-state index contributed by atoms with van der Waals surface area (Å²) >= 11 is 0. The maximum absolute atomic E-state index is 10.6. The van der Waals surface area contributed by atoms with Crippen molar-refractivity contribution in [1.82, 2.24) is 0 Å². The van der Waals surface area contributed by atoms with Crippen molar-refractivity contribution >= 4 is 10.0 Å². The maximum Gasteiger partial charge on any atom is 0.209 e. The van der Waals surface area contributed by atoms with Crippen LogP contribution >= 0.6 is 0 Å². The number of hydrogen-bond donors (Lipinski definition) is 1. The van der Waals surface area contributed by atoms with Gasteiger partial charge in [-0.25, -0.2) is 13.6 Å². The molecule has 12 heavy (non-hydrogen) atoms. The topological polar surface area (TPSA) is 60.2 Å². The van der Waals surface area contributed by atoms with Gasteiger partial charge in [-0.1, -0.05) is 19.1 Å². The summed E-state index contributed by atoms with van der Waals surface area (Å²) in [6, 6.07) is 0. The molecule has 0 aliphatic heterocycles. The lowest BCUT2D eigenvalue weighted by atomic mass is 10.0. The Morgan fingerprint density at radius 3 is 2.42 bits per heavy atom. The largest absolute Gasteiger partial charge is 0.229 e. The first kappa shape index (κ1) is 11.6. The molecule has 0 aromatic heterocycles. The molecule has 0 rings (SSSR count). The molecule has 0 fully saturated rings. The van der Waals surface area contributed by atoms with Crippen molar-refractivity contribution < 1.29 is 8.42 Å². The van der Waals surface area contributed by atoms with E-state index in [-0.39, 0.29) is 5.75 Å². The molecule has 0 amide bonds. The number of primary sulfonamides is 1. The van der Waals surface area contributed by atoms with Gasteiger partial charge in [0.05, 0.1) is 5.75 Å². The molecule has 1 atom stereocenters. The van der Waals surface area contributed by atoms with E-state index < -0.39 is 10.0 Å². The average molecular weight is 191 g/mol. The average Bonchev–Trinajstić information content (AvgIpc) is 1.96. The Hall–Kier alpha value is -0.350. The minimum Gasteiger partial charge on any atom is -0.229 e. The van der Waals surface area contributed by atoms with Crippen LogP contribution in [0.15, 0.2) is 12.2 Å². The van der Waals surface area contributed by atoms with Gasteiger partial charge < -0.3 is 0 Å². The molecule has 0 aromatic rings. The quantitative estimate of drug-likeness (QED) is 0.665. The SMILES string of the molecule is C/C=C/[C@H](CC)CCS(N)(=O)=O. The number of allylic oxidation sites excluding steroid dienone is 2. The van der Waals surface area contributed by atoms with Gasteiger partial charge in [-0.15, -0.1) is 0 Å². The number of rotatable bonds is 5. The van der Waals surface area contributed by atoms with Gasteiger partial charge in [0.15, 0.2) is 0 Å². The number of sulfonamides is 1. The zero-order valence-electron chi connectivity index (χ0n) is 7.66. The second kappa shape index (κ2) is 5.32. The lowest BCUT2D eigenvalue weighted by molar-refractivity contribution is 0.570. The lowest BCUT2D eigenvalue weighted by Crippen LogP contribution is -2.18. The Balaban J connectivity index is 3.89. The van der Waals surface area contributed by atoms with E-state index in [9.17, 15) is 8.42 Å². The van der Waals surface area contributed by atoms with E-state index in [0.717, 1.165) is 6.42 Å². The highest BCUT2D eigenvalue weighted by atomic mass is 32.2. The molecule has 0 aliphatic rings. The highest BCUT2D eigenvalue weighted by molar-refractivity contribution is 7.89. The fraction of sp³-hybridized carbons (Fsp3) is 0.750. The normalized spacial score (nSPS) is 15.2. The third-order valence-electron chi connectivity index (χ3n) is 1.76. The van der Waals surface area contributed by atoms with Crippen molar-refractivity contribution in [3.63, 3.8) is 0 Å². The van der Waals surface area contributed by atoms with E-state index in [2.05, 4.69) is 0 Å². The summed E-state index contributed by atoms with van der Waals surface area (Å²) in [4.78, 5) is 0. The molecule has 0 saturated carbocycles. The maximum atomic E-state index is 10.6. The Kier molecular flexibility index (Phi) is 5.17. The first-order valence-corrected chi connectivity index (χ1v) is 5.84. The van der Waals surface area contributed by atoms with Crippen LogP contribution in [-0.4, -0.2) is 14.2 Å². The summed E-state index contributed by atoms with van der Waals surface area (Å²) in [5.74, 6) is 0.420. The molecule has 72 valence electrons. The Bertz CT molecular complexity index is 231. The molecule has 0 aromatic carbocycles. The lowest BCUT2D eigenvalue weighted by Gasteiger charge is -2.07. The van der Waals surface area contributed by atoms with E-state index in [1.165, 1.54) is 0 Å². The van der Waals surface area contributed by atoms with E-state index in [4.69, 9.17) is 5.14 Å². The van der Waals surface area contributed by atoms with Crippen LogP contribution in [0.3, 0.4) is 0 Å². The Morgan fingerprint density at radius 2 is 2.08 bits per heavy atom. The van der Waals surface area contributed by atoms with Crippen molar-refractivity contribution in [2.24, 2.45) is 11.1 Å². The third kappa shape index (κ3) is 6.37. The molecule has 0 aliphatic carbocycles. The highest BCUT2D eigenvalue weighted by Gasteiger charge is 2.07. The molecule has 0 spiro atoms.